The van der Waals surface area contributed by atoms with E-state index in [0.29, 0.717) is 11.9 Å². The van der Waals surface area contributed by atoms with E-state index in [4.69, 9.17) is 4.74 Å². The van der Waals surface area contributed by atoms with Crippen LogP contribution in [0.5, 0.6) is 5.88 Å². The number of anilines is 1. The van der Waals surface area contributed by atoms with Gasteiger partial charge in [-0.05, 0) is 19.4 Å². The number of likely N-dealkylation sites (N-methyl/N-ethyl adjacent to an activating group) is 1. The summed E-state index contributed by atoms with van der Waals surface area (Å²) in [6.45, 7) is 3.09. The highest BCUT2D eigenvalue weighted by Crippen LogP contribution is 2.22. The van der Waals surface area contributed by atoms with Crippen LogP contribution in [0.3, 0.4) is 0 Å². The zero-order chi connectivity index (χ0) is 16.2. The fourth-order valence-corrected chi connectivity index (χ4v) is 3.08. The Hall–Kier alpha value is -2.15. The molecule has 0 aliphatic carbocycles. The van der Waals surface area contributed by atoms with Gasteiger partial charge in [-0.15, -0.1) is 0 Å². The van der Waals surface area contributed by atoms with E-state index < -0.39 is 0 Å². The summed E-state index contributed by atoms with van der Waals surface area (Å²) >= 11 is 0. The van der Waals surface area contributed by atoms with Gasteiger partial charge in [0, 0.05) is 45.5 Å². The first-order valence-corrected chi connectivity index (χ1v) is 7.94. The Kier molecular flexibility index (Phi) is 4.76. The van der Waals surface area contributed by atoms with Crippen LogP contribution >= 0.6 is 0 Å². The molecule has 0 radical (unpaired) electrons. The zero-order valence-corrected chi connectivity index (χ0v) is 14.0. The van der Waals surface area contributed by atoms with E-state index in [9.17, 15) is 0 Å². The monoisotopic (exact) mass is 316 g/mol. The van der Waals surface area contributed by atoms with E-state index in [2.05, 4.69) is 36.4 Å². The van der Waals surface area contributed by atoms with Gasteiger partial charge >= 0.3 is 0 Å². The minimum atomic E-state index is 0.441. The molecule has 2 aromatic rings. The molecule has 124 valence electrons. The summed E-state index contributed by atoms with van der Waals surface area (Å²) < 4.78 is 7.28. The van der Waals surface area contributed by atoms with E-state index >= 15 is 0 Å². The molecule has 3 heterocycles. The summed E-state index contributed by atoms with van der Waals surface area (Å²) in [5, 5.41) is 0. The van der Waals surface area contributed by atoms with E-state index in [1.54, 1.807) is 13.4 Å². The summed E-state index contributed by atoms with van der Waals surface area (Å²) in [5.74, 6) is 1.51. The molecule has 7 heteroatoms. The van der Waals surface area contributed by atoms with Gasteiger partial charge in [-0.25, -0.2) is 15.0 Å². The van der Waals surface area contributed by atoms with Crippen LogP contribution in [0.4, 0.5) is 5.82 Å². The quantitative estimate of drug-likeness (QED) is 0.829. The molecular weight excluding hydrogens is 292 g/mol. The Morgan fingerprint density at radius 3 is 3.00 bits per heavy atom. The second kappa shape index (κ2) is 6.95. The van der Waals surface area contributed by atoms with Crippen LogP contribution in [0, 0.1) is 0 Å². The number of ether oxygens (including phenoxy) is 1. The molecule has 1 aliphatic rings. The third-order valence-corrected chi connectivity index (χ3v) is 4.53. The molecule has 1 atom stereocenters. The number of rotatable bonds is 5. The lowest BCUT2D eigenvalue weighted by Crippen LogP contribution is -2.46. The van der Waals surface area contributed by atoms with Crippen molar-refractivity contribution in [2.24, 2.45) is 7.05 Å². The molecule has 0 N–H and O–H groups in total. The van der Waals surface area contributed by atoms with Crippen molar-refractivity contribution in [2.75, 3.05) is 32.1 Å². The first kappa shape index (κ1) is 15.7. The maximum atomic E-state index is 5.20. The van der Waals surface area contributed by atoms with Gasteiger partial charge in [-0.2, -0.15) is 0 Å². The topological polar surface area (TPSA) is 59.3 Å². The fourth-order valence-electron chi connectivity index (χ4n) is 3.08. The van der Waals surface area contributed by atoms with Crippen molar-refractivity contribution in [2.45, 2.75) is 25.4 Å². The van der Waals surface area contributed by atoms with Crippen molar-refractivity contribution in [1.82, 2.24) is 24.4 Å². The number of piperidine rings is 1. The summed E-state index contributed by atoms with van der Waals surface area (Å²) in [6, 6.07) is 2.33. The van der Waals surface area contributed by atoms with Gasteiger partial charge < -0.3 is 14.2 Å². The van der Waals surface area contributed by atoms with Crippen LogP contribution in [0.15, 0.2) is 24.9 Å². The molecule has 0 bridgehead atoms. The molecule has 1 aliphatic heterocycles. The smallest absolute Gasteiger partial charge is 0.218 e. The summed E-state index contributed by atoms with van der Waals surface area (Å²) in [5.41, 5.74) is 1.25. The summed E-state index contributed by atoms with van der Waals surface area (Å²) in [4.78, 5) is 17.4. The summed E-state index contributed by atoms with van der Waals surface area (Å²) in [7, 11) is 5.77. The number of nitrogens with zero attached hydrogens (tertiary/aromatic N) is 6. The lowest BCUT2D eigenvalue weighted by molar-refractivity contribution is 0.195. The highest BCUT2D eigenvalue weighted by Gasteiger charge is 2.24. The van der Waals surface area contributed by atoms with Crippen LogP contribution in [0.1, 0.15) is 18.5 Å². The van der Waals surface area contributed by atoms with Crippen LogP contribution < -0.4 is 9.64 Å². The van der Waals surface area contributed by atoms with Crippen LogP contribution in [-0.4, -0.2) is 57.7 Å². The number of likely N-dealkylation sites (tertiary alicyclic amines) is 1. The Balaban J connectivity index is 1.66. The number of imidazole rings is 1. The highest BCUT2D eigenvalue weighted by molar-refractivity contribution is 5.41. The Labute approximate surface area is 136 Å². The Morgan fingerprint density at radius 1 is 1.39 bits per heavy atom. The highest BCUT2D eigenvalue weighted by atomic mass is 16.5. The molecule has 2 aromatic heterocycles. The van der Waals surface area contributed by atoms with Crippen molar-refractivity contribution in [1.29, 1.82) is 0 Å². The minimum Gasteiger partial charge on any atom is -0.481 e. The number of hydrogen-bond donors (Lipinski definition) is 0. The van der Waals surface area contributed by atoms with E-state index in [1.165, 1.54) is 18.5 Å². The molecule has 1 saturated heterocycles. The van der Waals surface area contributed by atoms with Crippen LogP contribution in [-0.2, 0) is 13.6 Å². The van der Waals surface area contributed by atoms with Gasteiger partial charge in [-0.1, -0.05) is 0 Å². The first-order valence-electron chi connectivity index (χ1n) is 7.94. The van der Waals surface area contributed by atoms with E-state index in [-0.39, 0.29) is 0 Å². The standard InChI is InChI=1S/C16H24N6O/c1-20-12-17-8-14(20)10-22-6-4-5-13(9-22)21(2)15-7-16(23-3)19-11-18-15/h7-8,11-13H,4-6,9-10H2,1-3H3. The maximum absolute atomic E-state index is 5.20. The predicted molar refractivity (Wildman–Crippen MR) is 88.5 cm³/mol. The van der Waals surface area contributed by atoms with Gasteiger partial charge in [-0.3, -0.25) is 4.90 Å². The second-order valence-corrected chi connectivity index (χ2v) is 6.06. The van der Waals surface area contributed by atoms with Gasteiger partial charge in [0.2, 0.25) is 5.88 Å². The zero-order valence-electron chi connectivity index (χ0n) is 14.0. The Bertz CT molecular complexity index is 643. The minimum absolute atomic E-state index is 0.441. The fraction of sp³-hybridized carbons (Fsp3) is 0.562. The molecule has 1 fully saturated rings. The lowest BCUT2D eigenvalue weighted by Gasteiger charge is -2.38. The number of aromatic nitrogens is 4. The SMILES string of the molecule is COc1cc(N(C)C2CCCN(Cc3cncn3C)C2)ncn1. The van der Waals surface area contributed by atoms with Gasteiger partial charge in [0.1, 0.15) is 12.1 Å². The average molecular weight is 316 g/mol. The van der Waals surface area contributed by atoms with Crippen molar-refractivity contribution < 1.29 is 4.74 Å². The van der Waals surface area contributed by atoms with E-state index in [0.717, 1.165) is 25.5 Å². The third-order valence-electron chi connectivity index (χ3n) is 4.53. The van der Waals surface area contributed by atoms with Crippen molar-refractivity contribution >= 4 is 5.82 Å². The van der Waals surface area contributed by atoms with Gasteiger partial charge in [0.05, 0.1) is 19.1 Å². The molecule has 23 heavy (non-hydrogen) atoms. The maximum Gasteiger partial charge on any atom is 0.218 e. The normalized spacial score (nSPS) is 18.8. The van der Waals surface area contributed by atoms with Gasteiger partial charge in [0.15, 0.2) is 0 Å². The molecule has 7 nitrogen and oxygen atoms in total. The molecule has 0 spiro atoms. The number of hydrogen-bond acceptors (Lipinski definition) is 6. The lowest BCUT2D eigenvalue weighted by atomic mass is 10.0. The van der Waals surface area contributed by atoms with Crippen molar-refractivity contribution in [3.05, 3.63) is 30.6 Å². The van der Waals surface area contributed by atoms with Gasteiger partial charge in [0.25, 0.3) is 0 Å². The first-order chi connectivity index (χ1) is 11.2. The number of aryl methyl sites for hydroxylation is 1. The van der Waals surface area contributed by atoms with E-state index in [1.807, 2.05) is 25.6 Å². The molecule has 3 rings (SSSR count). The molecule has 1 unspecified atom stereocenters. The Morgan fingerprint density at radius 2 is 2.26 bits per heavy atom. The largest absolute Gasteiger partial charge is 0.481 e. The third kappa shape index (κ3) is 3.61. The van der Waals surface area contributed by atoms with Crippen molar-refractivity contribution in [3.63, 3.8) is 0 Å². The number of methoxy groups -OCH3 is 1. The molecule has 0 saturated carbocycles. The van der Waals surface area contributed by atoms with Crippen LogP contribution in [0.25, 0.3) is 0 Å². The van der Waals surface area contributed by atoms with Crippen molar-refractivity contribution in [3.8, 4) is 5.88 Å². The average Bonchev–Trinajstić information content (AvgIpc) is 2.99. The molecular formula is C16H24N6O. The summed E-state index contributed by atoms with van der Waals surface area (Å²) in [6.07, 6.45) is 7.72. The predicted octanol–water partition coefficient (Wildman–Crippen LogP) is 1.32. The second-order valence-electron chi connectivity index (χ2n) is 6.06. The molecule has 0 amide bonds. The van der Waals surface area contributed by atoms with Crippen LogP contribution in [0.2, 0.25) is 0 Å². The molecule has 0 aromatic carbocycles.